The highest BCUT2D eigenvalue weighted by molar-refractivity contribution is 5.97. The monoisotopic (exact) mass is 237 g/mol. The van der Waals surface area contributed by atoms with Crippen LogP contribution >= 0.6 is 0 Å². The zero-order chi connectivity index (χ0) is 13.0. The van der Waals surface area contributed by atoms with E-state index in [9.17, 15) is 4.79 Å². The normalized spacial score (nSPS) is 10.2. The van der Waals surface area contributed by atoms with Crippen LogP contribution in [0.3, 0.4) is 0 Å². The number of benzene rings is 1. The summed E-state index contributed by atoms with van der Waals surface area (Å²) in [6, 6.07) is 3.66. The molecule has 0 unspecified atom stereocenters. The summed E-state index contributed by atoms with van der Waals surface area (Å²) in [5.74, 6) is 1.23. The van der Waals surface area contributed by atoms with Crippen LogP contribution in [0, 0.1) is 0 Å². The van der Waals surface area contributed by atoms with Crippen molar-refractivity contribution in [1.29, 1.82) is 0 Å². The average molecular weight is 237 g/mol. The van der Waals surface area contributed by atoms with Gasteiger partial charge in [-0.1, -0.05) is 19.9 Å². The molecule has 0 aliphatic rings. The number of methoxy groups -OCH3 is 2. The first-order valence-electron chi connectivity index (χ1n) is 5.53. The fourth-order valence-electron chi connectivity index (χ4n) is 1.76. The molecule has 1 rings (SSSR count). The van der Waals surface area contributed by atoms with Gasteiger partial charge in [0, 0.05) is 12.6 Å². The van der Waals surface area contributed by atoms with Gasteiger partial charge in [0.15, 0.2) is 11.5 Å². The molecule has 0 saturated carbocycles. The Labute approximate surface area is 102 Å². The first kappa shape index (κ1) is 13.4. The van der Waals surface area contributed by atoms with Crippen molar-refractivity contribution in [2.24, 2.45) is 0 Å². The Morgan fingerprint density at radius 2 is 1.76 bits per heavy atom. The van der Waals surface area contributed by atoms with Gasteiger partial charge in [-0.05, 0) is 12.0 Å². The summed E-state index contributed by atoms with van der Waals surface area (Å²) in [6.45, 7) is 4.13. The van der Waals surface area contributed by atoms with Gasteiger partial charge in [0.05, 0.1) is 19.8 Å². The molecule has 0 bridgehead atoms. The number of carbonyl (C=O) groups excluding carboxylic acids is 1. The quantitative estimate of drug-likeness (QED) is 0.873. The van der Waals surface area contributed by atoms with E-state index < -0.39 is 0 Å². The highest BCUT2D eigenvalue weighted by Gasteiger charge is 2.20. The second kappa shape index (κ2) is 5.57. The highest BCUT2D eigenvalue weighted by Crippen LogP contribution is 2.38. The third-order valence-electron chi connectivity index (χ3n) is 2.64. The molecule has 0 fully saturated rings. The summed E-state index contributed by atoms with van der Waals surface area (Å²) in [5.41, 5.74) is 1.51. The van der Waals surface area contributed by atoms with Crippen molar-refractivity contribution in [1.82, 2.24) is 5.32 Å². The minimum absolute atomic E-state index is 0.185. The van der Waals surface area contributed by atoms with Crippen molar-refractivity contribution >= 4 is 5.91 Å². The van der Waals surface area contributed by atoms with Crippen LogP contribution in [0.15, 0.2) is 12.1 Å². The van der Waals surface area contributed by atoms with Gasteiger partial charge in [-0.2, -0.15) is 0 Å². The summed E-state index contributed by atoms with van der Waals surface area (Å²) < 4.78 is 10.7. The number of hydrogen-bond acceptors (Lipinski definition) is 3. The fourth-order valence-corrected chi connectivity index (χ4v) is 1.76. The van der Waals surface area contributed by atoms with E-state index >= 15 is 0 Å². The highest BCUT2D eigenvalue weighted by atomic mass is 16.5. The standard InChI is InChI=1S/C13H19NO3/c1-8(2)9-6-7-10(13(15)14-3)12(17-5)11(9)16-4/h6-8H,1-5H3,(H,14,15). The number of amides is 1. The maximum Gasteiger partial charge on any atom is 0.254 e. The predicted octanol–water partition coefficient (Wildman–Crippen LogP) is 2.19. The topological polar surface area (TPSA) is 47.6 Å². The van der Waals surface area contributed by atoms with Gasteiger partial charge < -0.3 is 14.8 Å². The number of ether oxygens (including phenoxy) is 2. The van der Waals surface area contributed by atoms with E-state index in [1.807, 2.05) is 6.07 Å². The maximum absolute atomic E-state index is 11.7. The lowest BCUT2D eigenvalue weighted by molar-refractivity contribution is 0.0959. The van der Waals surface area contributed by atoms with Crippen molar-refractivity contribution in [2.75, 3.05) is 21.3 Å². The largest absolute Gasteiger partial charge is 0.493 e. The van der Waals surface area contributed by atoms with Crippen LogP contribution in [0.2, 0.25) is 0 Å². The third kappa shape index (κ3) is 2.52. The summed E-state index contributed by atoms with van der Waals surface area (Å²) >= 11 is 0. The molecule has 4 nitrogen and oxygen atoms in total. The molecule has 1 aromatic rings. The molecule has 0 saturated heterocycles. The maximum atomic E-state index is 11.7. The lowest BCUT2D eigenvalue weighted by atomic mass is 9.99. The van der Waals surface area contributed by atoms with Crippen LogP contribution in [0.1, 0.15) is 35.7 Å². The molecule has 0 atom stereocenters. The zero-order valence-corrected chi connectivity index (χ0v) is 11.0. The molecule has 17 heavy (non-hydrogen) atoms. The Kier molecular flexibility index (Phi) is 4.37. The molecule has 0 aliphatic heterocycles. The van der Waals surface area contributed by atoms with Crippen molar-refractivity contribution in [3.05, 3.63) is 23.3 Å². The molecule has 94 valence electrons. The van der Waals surface area contributed by atoms with Crippen LogP contribution in [-0.2, 0) is 0 Å². The summed E-state index contributed by atoms with van der Waals surface area (Å²) in [5, 5.41) is 2.58. The van der Waals surface area contributed by atoms with E-state index in [0.717, 1.165) is 5.56 Å². The molecule has 0 heterocycles. The van der Waals surface area contributed by atoms with E-state index in [2.05, 4.69) is 19.2 Å². The molecule has 1 N–H and O–H groups in total. The molecule has 0 spiro atoms. The van der Waals surface area contributed by atoms with Gasteiger partial charge in [-0.15, -0.1) is 0 Å². The molecule has 1 aromatic carbocycles. The Balaban J connectivity index is 3.42. The fraction of sp³-hybridized carbons (Fsp3) is 0.462. The molecule has 1 amide bonds. The Hall–Kier alpha value is -1.71. The molecular formula is C13H19NO3. The van der Waals surface area contributed by atoms with Gasteiger partial charge in [0.1, 0.15) is 0 Å². The van der Waals surface area contributed by atoms with Crippen LogP contribution in [0.5, 0.6) is 11.5 Å². The average Bonchev–Trinajstić information content (AvgIpc) is 2.35. The molecular weight excluding hydrogens is 218 g/mol. The summed E-state index contributed by atoms with van der Waals surface area (Å²) in [4.78, 5) is 11.7. The number of carbonyl (C=O) groups is 1. The molecule has 0 aromatic heterocycles. The van der Waals surface area contributed by atoms with Crippen LogP contribution in [0.25, 0.3) is 0 Å². The Morgan fingerprint density at radius 1 is 1.18 bits per heavy atom. The van der Waals surface area contributed by atoms with Gasteiger partial charge in [0.2, 0.25) is 0 Å². The van der Waals surface area contributed by atoms with Gasteiger partial charge in [0.25, 0.3) is 5.91 Å². The van der Waals surface area contributed by atoms with Crippen LogP contribution in [-0.4, -0.2) is 27.2 Å². The first-order valence-corrected chi connectivity index (χ1v) is 5.53. The van der Waals surface area contributed by atoms with E-state index in [4.69, 9.17) is 9.47 Å². The minimum atomic E-state index is -0.185. The smallest absolute Gasteiger partial charge is 0.254 e. The molecule has 0 aliphatic carbocycles. The van der Waals surface area contributed by atoms with Crippen molar-refractivity contribution in [2.45, 2.75) is 19.8 Å². The van der Waals surface area contributed by atoms with Crippen LogP contribution in [0.4, 0.5) is 0 Å². The molecule has 4 heteroatoms. The third-order valence-corrected chi connectivity index (χ3v) is 2.64. The number of rotatable bonds is 4. The van der Waals surface area contributed by atoms with E-state index in [1.165, 1.54) is 7.11 Å². The van der Waals surface area contributed by atoms with E-state index in [1.54, 1.807) is 20.2 Å². The van der Waals surface area contributed by atoms with Crippen LogP contribution < -0.4 is 14.8 Å². The second-order valence-electron chi connectivity index (χ2n) is 4.00. The zero-order valence-electron chi connectivity index (χ0n) is 11.0. The van der Waals surface area contributed by atoms with E-state index in [0.29, 0.717) is 23.0 Å². The van der Waals surface area contributed by atoms with Gasteiger partial charge >= 0.3 is 0 Å². The second-order valence-corrected chi connectivity index (χ2v) is 4.00. The SMILES string of the molecule is CNC(=O)c1ccc(C(C)C)c(OC)c1OC. The van der Waals surface area contributed by atoms with Gasteiger partial charge in [-0.25, -0.2) is 0 Å². The van der Waals surface area contributed by atoms with Gasteiger partial charge in [-0.3, -0.25) is 4.79 Å². The van der Waals surface area contributed by atoms with Crippen molar-refractivity contribution < 1.29 is 14.3 Å². The number of hydrogen-bond donors (Lipinski definition) is 1. The minimum Gasteiger partial charge on any atom is -0.493 e. The summed E-state index contributed by atoms with van der Waals surface area (Å²) in [6.07, 6.45) is 0. The lowest BCUT2D eigenvalue weighted by Crippen LogP contribution is -2.19. The summed E-state index contributed by atoms with van der Waals surface area (Å²) in [7, 11) is 4.70. The first-order chi connectivity index (χ1) is 8.06. The van der Waals surface area contributed by atoms with Crippen molar-refractivity contribution in [3.63, 3.8) is 0 Å². The van der Waals surface area contributed by atoms with Crippen molar-refractivity contribution in [3.8, 4) is 11.5 Å². The predicted molar refractivity (Wildman–Crippen MR) is 67.0 cm³/mol. The molecule has 0 radical (unpaired) electrons. The Bertz CT molecular complexity index is 413. The Morgan fingerprint density at radius 3 is 2.18 bits per heavy atom. The lowest BCUT2D eigenvalue weighted by Gasteiger charge is -2.17. The number of nitrogens with one attached hydrogen (secondary N) is 1. The van der Waals surface area contributed by atoms with E-state index in [-0.39, 0.29) is 5.91 Å².